The second-order valence-corrected chi connectivity index (χ2v) is 16.8. The van der Waals surface area contributed by atoms with E-state index in [1.807, 2.05) is 37.3 Å². The molecule has 0 radical (unpaired) electrons. The Balaban J connectivity index is 2.78. The number of benzene rings is 1. The maximum atomic E-state index is 6.14. The highest BCUT2D eigenvalue weighted by Gasteiger charge is 2.33. The first kappa shape index (κ1) is 15.5. The van der Waals surface area contributed by atoms with E-state index in [9.17, 15) is 0 Å². The smallest absolute Gasteiger partial charge is 0.209 e. The van der Waals surface area contributed by atoms with Crippen LogP contribution >= 0.6 is 64.0 Å². The van der Waals surface area contributed by atoms with Crippen LogP contribution in [0.1, 0.15) is 6.92 Å². The molecular formula is C8H10Cl4N3P3. The lowest BCUT2D eigenvalue weighted by atomic mass is 10.4. The Morgan fingerprint density at radius 1 is 0.889 bits per heavy atom. The van der Waals surface area contributed by atoms with Crippen LogP contribution < -0.4 is 5.30 Å². The van der Waals surface area contributed by atoms with Gasteiger partial charge in [-0.25, -0.2) is 9.03 Å². The van der Waals surface area contributed by atoms with Gasteiger partial charge in [-0.2, -0.15) is 4.52 Å². The molecular weight excluding hydrogens is 373 g/mol. The van der Waals surface area contributed by atoms with Crippen LogP contribution in [0.4, 0.5) is 0 Å². The SMILES string of the molecule is CCP1(c2ccccc2)=NP(Cl)(Cl)=NP(Cl)(Cl)=N1. The first-order valence-electron chi connectivity index (χ1n) is 5.03. The third-order valence-electron chi connectivity index (χ3n) is 2.34. The van der Waals surface area contributed by atoms with Gasteiger partial charge in [0.05, 0.1) is 0 Å². The van der Waals surface area contributed by atoms with Gasteiger partial charge in [-0.05, 0) is 45.0 Å². The first-order valence-corrected chi connectivity index (χ1v) is 13.9. The van der Waals surface area contributed by atoms with Gasteiger partial charge in [-0.3, -0.25) is 0 Å². The van der Waals surface area contributed by atoms with Crippen molar-refractivity contribution in [3.63, 3.8) is 0 Å². The molecule has 0 saturated heterocycles. The molecule has 3 nitrogen and oxygen atoms in total. The Hall–Kier alpha value is 1.07. The number of halogens is 4. The van der Waals surface area contributed by atoms with E-state index in [0.29, 0.717) is 6.16 Å². The summed E-state index contributed by atoms with van der Waals surface area (Å²) >= 11 is 24.6. The second-order valence-electron chi connectivity index (χ2n) is 3.56. The maximum Gasteiger partial charge on any atom is 0.255 e. The van der Waals surface area contributed by atoms with Gasteiger partial charge in [0.25, 0.3) is 11.8 Å². The molecule has 10 heteroatoms. The molecule has 1 heterocycles. The quantitative estimate of drug-likeness (QED) is 0.481. The van der Waals surface area contributed by atoms with E-state index in [1.165, 1.54) is 0 Å². The Kier molecular flexibility index (Phi) is 4.68. The highest BCUT2D eigenvalue weighted by atomic mass is 35.9. The summed E-state index contributed by atoms with van der Waals surface area (Å²) in [5.41, 5.74) is 0. The zero-order valence-corrected chi connectivity index (χ0v) is 15.0. The average molecular weight is 383 g/mol. The molecule has 0 fully saturated rings. The molecule has 100 valence electrons. The standard InChI is InChI=1S/C8H10Cl4N3P3/c1-2-16(8-6-4-3-5-7-8)13-17(9,10)15-18(11,12)14-16/h3-7H,2H2,1H3. The van der Waals surface area contributed by atoms with Crippen LogP contribution in [0.2, 0.25) is 0 Å². The minimum absolute atomic E-state index is 0.689. The molecule has 0 amide bonds. The van der Waals surface area contributed by atoms with Gasteiger partial charge in [0.15, 0.2) is 0 Å². The lowest BCUT2D eigenvalue weighted by Crippen LogP contribution is -2.04. The van der Waals surface area contributed by atoms with E-state index in [1.54, 1.807) is 0 Å². The van der Waals surface area contributed by atoms with Gasteiger partial charge in [0.1, 0.15) is 7.21 Å². The highest BCUT2D eigenvalue weighted by molar-refractivity contribution is 8.21. The third kappa shape index (κ3) is 3.39. The normalized spacial score (nSPS) is 28.7. The van der Waals surface area contributed by atoms with E-state index in [0.717, 1.165) is 5.30 Å². The fraction of sp³-hybridized carbons (Fsp3) is 0.250. The van der Waals surface area contributed by atoms with Crippen LogP contribution in [0.15, 0.2) is 43.9 Å². The Morgan fingerprint density at radius 2 is 1.44 bits per heavy atom. The van der Waals surface area contributed by atoms with Crippen LogP contribution in [0, 0.1) is 0 Å². The van der Waals surface area contributed by atoms with E-state index in [4.69, 9.17) is 45.0 Å². The Labute approximate surface area is 126 Å². The van der Waals surface area contributed by atoms with Crippen molar-refractivity contribution in [1.82, 2.24) is 0 Å². The molecule has 1 aromatic carbocycles. The number of hydrogen-bond donors (Lipinski definition) is 0. The molecule has 1 aliphatic heterocycles. The fourth-order valence-electron chi connectivity index (χ4n) is 1.62. The average Bonchev–Trinajstić information content (AvgIpc) is 2.26. The molecule has 2 rings (SSSR count). The van der Waals surface area contributed by atoms with Crippen LogP contribution in [0.25, 0.3) is 0 Å². The molecule has 0 bridgehead atoms. The number of rotatable bonds is 2. The zero-order valence-electron chi connectivity index (χ0n) is 9.29. The van der Waals surface area contributed by atoms with Crippen LogP contribution in [-0.2, 0) is 0 Å². The predicted octanol–water partition coefficient (Wildman–Crippen LogP) is 7.31. The van der Waals surface area contributed by atoms with Crippen molar-refractivity contribution >= 4 is 69.3 Å². The Morgan fingerprint density at radius 3 is 1.94 bits per heavy atom. The van der Waals surface area contributed by atoms with Crippen molar-refractivity contribution in [3.8, 4) is 0 Å². The van der Waals surface area contributed by atoms with E-state index >= 15 is 0 Å². The van der Waals surface area contributed by atoms with Gasteiger partial charge in [0, 0.05) is 11.5 Å². The molecule has 18 heavy (non-hydrogen) atoms. The summed E-state index contributed by atoms with van der Waals surface area (Å²) in [5, 5.41) is 0.985. The summed E-state index contributed by atoms with van der Waals surface area (Å²) in [5.74, 6) is -5.65. The second kappa shape index (κ2) is 5.45. The van der Waals surface area contributed by atoms with Gasteiger partial charge in [-0.1, -0.05) is 37.3 Å². The van der Waals surface area contributed by atoms with E-state index in [2.05, 4.69) is 13.5 Å². The number of hydrogen-bond acceptors (Lipinski definition) is 3. The summed E-state index contributed by atoms with van der Waals surface area (Å²) < 4.78 is 13.0. The van der Waals surface area contributed by atoms with Gasteiger partial charge in [0.2, 0.25) is 0 Å². The van der Waals surface area contributed by atoms with Crippen molar-refractivity contribution in [2.24, 2.45) is 13.5 Å². The molecule has 0 aromatic heterocycles. The molecule has 1 aromatic rings. The minimum Gasteiger partial charge on any atom is -0.209 e. The lowest BCUT2D eigenvalue weighted by Gasteiger charge is -2.26. The highest BCUT2D eigenvalue weighted by Crippen LogP contribution is 2.84. The van der Waals surface area contributed by atoms with Gasteiger partial charge >= 0.3 is 0 Å². The Bertz CT molecular complexity index is 608. The van der Waals surface area contributed by atoms with Crippen molar-refractivity contribution in [2.75, 3.05) is 6.16 Å². The van der Waals surface area contributed by atoms with Crippen LogP contribution in [-0.4, -0.2) is 6.16 Å². The maximum absolute atomic E-state index is 6.14. The molecule has 0 aliphatic carbocycles. The van der Waals surface area contributed by atoms with Gasteiger partial charge < -0.3 is 0 Å². The summed E-state index contributed by atoms with van der Waals surface area (Å²) in [7, 11) is -2.24. The number of nitrogens with zero attached hydrogens (tertiary/aromatic N) is 3. The van der Waals surface area contributed by atoms with E-state index < -0.39 is 19.0 Å². The first-order chi connectivity index (χ1) is 8.29. The molecule has 1 unspecified atom stereocenters. The summed E-state index contributed by atoms with van der Waals surface area (Å²) in [4.78, 5) is 0. The van der Waals surface area contributed by atoms with Crippen molar-refractivity contribution in [1.29, 1.82) is 0 Å². The zero-order chi connectivity index (χ0) is 13.4. The summed E-state index contributed by atoms with van der Waals surface area (Å²) in [6.07, 6.45) is 0.689. The largest absolute Gasteiger partial charge is 0.255 e. The summed E-state index contributed by atoms with van der Waals surface area (Å²) in [6.45, 7) is 1.99. The van der Waals surface area contributed by atoms with Crippen molar-refractivity contribution < 1.29 is 0 Å². The molecule has 1 atom stereocenters. The fourth-order valence-corrected chi connectivity index (χ4v) is 18.5. The van der Waals surface area contributed by atoms with Crippen LogP contribution in [0.3, 0.4) is 0 Å². The third-order valence-corrected chi connectivity index (χ3v) is 15.0. The topological polar surface area (TPSA) is 37.1 Å². The molecule has 0 N–H and O–H groups in total. The molecule has 0 saturated carbocycles. The van der Waals surface area contributed by atoms with Crippen LogP contribution in [0.5, 0.6) is 0 Å². The monoisotopic (exact) mass is 381 g/mol. The molecule has 1 aliphatic rings. The lowest BCUT2D eigenvalue weighted by molar-refractivity contribution is 1.46. The van der Waals surface area contributed by atoms with E-state index in [-0.39, 0.29) is 0 Å². The predicted molar refractivity (Wildman–Crippen MR) is 88.1 cm³/mol. The van der Waals surface area contributed by atoms with Crippen molar-refractivity contribution in [3.05, 3.63) is 30.3 Å². The minimum atomic E-state index is -2.83. The van der Waals surface area contributed by atoms with Crippen molar-refractivity contribution in [2.45, 2.75) is 6.92 Å². The summed E-state index contributed by atoms with van der Waals surface area (Å²) in [6, 6.07) is 9.69. The molecule has 0 spiro atoms. The van der Waals surface area contributed by atoms with Gasteiger partial charge in [-0.15, -0.1) is 0 Å².